The first-order valence-electron chi connectivity index (χ1n) is 8.24. The standard InChI is InChI=1S/C19H27NO4/c1-19(2,3)15-9-16(18(22)20-4)24-17(10-15)23-12-14-7-5-13(11-21)6-8-14/h5-9,15,17,21H,10-12H2,1-4H3,(H,20,22)/t15-,17+/m1/s1. The van der Waals surface area contributed by atoms with E-state index in [2.05, 4.69) is 26.1 Å². The summed E-state index contributed by atoms with van der Waals surface area (Å²) in [5, 5.41) is 11.7. The van der Waals surface area contributed by atoms with E-state index in [1.807, 2.05) is 30.3 Å². The molecule has 5 nitrogen and oxygen atoms in total. The van der Waals surface area contributed by atoms with E-state index < -0.39 is 6.29 Å². The van der Waals surface area contributed by atoms with E-state index in [9.17, 15) is 4.79 Å². The van der Waals surface area contributed by atoms with Gasteiger partial charge in [0.15, 0.2) is 5.76 Å². The molecule has 0 bridgehead atoms. The van der Waals surface area contributed by atoms with Crippen molar-refractivity contribution in [3.63, 3.8) is 0 Å². The van der Waals surface area contributed by atoms with E-state index in [0.717, 1.165) is 11.1 Å². The molecular formula is C19H27NO4. The number of amides is 1. The molecule has 1 aromatic rings. The normalized spacial score (nSPS) is 21.0. The Morgan fingerprint density at radius 1 is 1.29 bits per heavy atom. The molecule has 5 heteroatoms. The van der Waals surface area contributed by atoms with Crippen molar-refractivity contribution in [1.29, 1.82) is 0 Å². The van der Waals surface area contributed by atoms with E-state index in [4.69, 9.17) is 14.6 Å². The van der Waals surface area contributed by atoms with Gasteiger partial charge in [0.2, 0.25) is 6.29 Å². The van der Waals surface area contributed by atoms with E-state index in [-0.39, 0.29) is 23.8 Å². The minimum Gasteiger partial charge on any atom is -0.459 e. The van der Waals surface area contributed by atoms with Crippen LogP contribution in [0.2, 0.25) is 0 Å². The van der Waals surface area contributed by atoms with Crippen LogP contribution in [0.4, 0.5) is 0 Å². The molecule has 132 valence electrons. The van der Waals surface area contributed by atoms with Crippen LogP contribution in [0.15, 0.2) is 36.1 Å². The summed E-state index contributed by atoms with van der Waals surface area (Å²) in [5.41, 5.74) is 1.89. The maximum atomic E-state index is 11.9. The molecule has 0 aliphatic carbocycles. The molecule has 0 aromatic heterocycles. The Kier molecular flexibility index (Phi) is 6.02. The highest BCUT2D eigenvalue weighted by Gasteiger charge is 2.33. The molecule has 2 atom stereocenters. The van der Waals surface area contributed by atoms with Gasteiger partial charge in [-0.15, -0.1) is 0 Å². The van der Waals surface area contributed by atoms with Crippen LogP contribution in [0.25, 0.3) is 0 Å². The lowest BCUT2D eigenvalue weighted by Gasteiger charge is -2.35. The highest BCUT2D eigenvalue weighted by Crippen LogP contribution is 2.36. The number of aliphatic hydroxyl groups is 1. The van der Waals surface area contributed by atoms with Crippen LogP contribution in [-0.2, 0) is 27.5 Å². The summed E-state index contributed by atoms with van der Waals surface area (Å²) in [6, 6.07) is 7.58. The topological polar surface area (TPSA) is 67.8 Å². The van der Waals surface area contributed by atoms with Gasteiger partial charge in [-0.1, -0.05) is 45.0 Å². The van der Waals surface area contributed by atoms with Gasteiger partial charge in [-0.2, -0.15) is 0 Å². The summed E-state index contributed by atoms with van der Waals surface area (Å²) >= 11 is 0. The van der Waals surface area contributed by atoms with Crippen molar-refractivity contribution in [1.82, 2.24) is 5.32 Å². The minimum atomic E-state index is -0.455. The van der Waals surface area contributed by atoms with Crippen molar-refractivity contribution >= 4 is 5.91 Å². The third-order valence-corrected chi connectivity index (χ3v) is 4.26. The fourth-order valence-corrected chi connectivity index (χ4v) is 2.58. The molecule has 0 spiro atoms. The van der Waals surface area contributed by atoms with Gasteiger partial charge >= 0.3 is 0 Å². The number of carbonyl (C=O) groups is 1. The molecule has 1 aliphatic heterocycles. The molecule has 0 saturated heterocycles. The Morgan fingerprint density at radius 3 is 2.46 bits per heavy atom. The van der Waals surface area contributed by atoms with E-state index in [1.165, 1.54) is 0 Å². The summed E-state index contributed by atoms with van der Waals surface area (Å²) in [6.45, 7) is 6.86. The quantitative estimate of drug-likeness (QED) is 0.869. The van der Waals surface area contributed by atoms with Gasteiger partial charge in [-0.25, -0.2) is 0 Å². The first-order chi connectivity index (χ1) is 11.3. The van der Waals surface area contributed by atoms with Crippen LogP contribution in [-0.4, -0.2) is 24.4 Å². The zero-order valence-electron chi connectivity index (χ0n) is 14.8. The lowest BCUT2D eigenvalue weighted by Crippen LogP contribution is -2.35. The molecule has 2 N–H and O–H groups in total. The van der Waals surface area contributed by atoms with E-state index in [0.29, 0.717) is 18.8 Å². The molecule has 1 aromatic carbocycles. The van der Waals surface area contributed by atoms with Gasteiger partial charge in [-0.05, 0) is 28.5 Å². The van der Waals surface area contributed by atoms with Gasteiger partial charge in [0.1, 0.15) is 0 Å². The number of ether oxygens (including phenoxy) is 2. The highest BCUT2D eigenvalue weighted by atomic mass is 16.7. The summed E-state index contributed by atoms with van der Waals surface area (Å²) in [7, 11) is 1.59. The Bertz CT molecular complexity index is 586. The Balaban J connectivity index is 2.04. The van der Waals surface area contributed by atoms with Crippen LogP contribution in [0, 0.1) is 11.3 Å². The summed E-state index contributed by atoms with van der Waals surface area (Å²) in [5.74, 6) is 0.287. The van der Waals surface area contributed by atoms with Gasteiger partial charge in [-0.3, -0.25) is 4.79 Å². The molecule has 2 rings (SSSR count). The van der Waals surface area contributed by atoms with Gasteiger partial charge in [0, 0.05) is 13.5 Å². The number of benzene rings is 1. The van der Waals surface area contributed by atoms with Gasteiger partial charge in [0.25, 0.3) is 5.91 Å². The fraction of sp³-hybridized carbons (Fsp3) is 0.526. The Morgan fingerprint density at radius 2 is 1.92 bits per heavy atom. The Labute approximate surface area is 143 Å². The summed E-state index contributed by atoms with van der Waals surface area (Å²) < 4.78 is 11.6. The molecule has 1 heterocycles. The smallest absolute Gasteiger partial charge is 0.285 e. The molecular weight excluding hydrogens is 306 g/mol. The van der Waals surface area contributed by atoms with Crippen LogP contribution < -0.4 is 5.32 Å². The summed E-state index contributed by atoms with van der Waals surface area (Å²) in [4.78, 5) is 11.9. The van der Waals surface area contributed by atoms with Crippen molar-refractivity contribution < 1.29 is 19.4 Å². The fourth-order valence-electron chi connectivity index (χ4n) is 2.58. The molecule has 24 heavy (non-hydrogen) atoms. The van der Waals surface area contributed by atoms with Crippen LogP contribution >= 0.6 is 0 Å². The zero-order valence-corrected chi connectivity index (χ0v) is 14.8. The van der Waals surface area contributed by atoms with Crippen LogP contribution in [0.5, 0.6) is 0 Å². The maximum absolute atomic E-state index is 11.9. The molecule has 1 amide bonds. The van der Waals surface area contributed by atoms with Crippen molar-refractivity contribution in [2.24, 2.45) is 11.3 Å². The first-order valence-corrected chi connectivity index (χ1v) is 8.24. The average molecular weight is 333 g/mol. The maximum Gasteiger partial charge on any atom is 0.285 e. The largest absolute Gasteiger partial charge is 0.459 e. The number of allylic oxidation sites excluding steroid dienone is 1. The second-order valence-corrected chi connectivity index (χ2v) is 7.15. The molecule has 1 aliphatic rings. The van der Waals surface area contributed by atoms with E-state index in [1.54, 1.807) is 7.05 Å². The number of aliphatic hydroxyl groups excluding tert-OH is 1. The molecule has 0 saturated carbocycles. The average Bonchev–Trinajstić information content (AvgIpc) is 2.58. The molecule has 0 radical (unpaired) electrons. The number of carbonyl (C=O) groups excluding carboxylic acids is 1. The van der Waals surface area contributed by atoms with Crippen molar-refractivity contribution in [2.75, 3.05) is 7.05 Å². The highest BCUT2D eigenvalue weighted by molar-refractivity contribution is 5.91. The van der Waals surface area contributed by atoms with Crippen molar-refractivity contribution in [3.8, 4) is 0 Å². The SMILES string of the molecule is CNC(=O)C1=C[C@@H](C(C)(C)C)C[C@@H](OCc2ccc(CO)cc2)O1. The predicted molar refractivity (Wildman–Crippen MR) is 91.7 cm³/mol. The zero-order chi connectivity index (χ0) is 17.7. The minimum absolute atomic E-state index is 0.0213. The number of nitrogens with one attached hydrogen (secondary N) is 1. The van der Waals surface area contributed by atoms with E-state index >= 15 is 0 Å². The monoisotopic (exact) mass is 333 g/mol. The van der Waals surface area contributed by atoms with Gasteiger partial charge < -0.3 is 19.9 Å². The van der Waals surface area contributed by atoms with Crippen molar-refractivity contribution in [3.05, 3.63) is 47.2 Å². The number of hydrogen-bond acceptors (Lipinski definition) is 4. The number of rotatable bonds is 5. The lowest BCUT2D eigenvalue weighted by atomic mass is 9.77. The number of likely N-dealkylation sites (N-methyl/N-ethyl adjacent to an activating group) is 1. The lowest BCUT2D eigenvalue weighted by molar-refractivity contribution is -0.157. The second kappa shape index (κ2) is 7.81. The third-order valence-electron chi connectivity index (χ3n) is 4.26. The first kappa shape index (κ1) is 18.5. The van der Waals surface area contributed by atoms with Gasteiger partial charge in [0.05, 0.1) is 13.2 Å². The van der Waals surface area contributed by atoms with Crippen LogP contribution in [0.3, 0.4) is 0 Å². The molecule has 0 fully saturated rings. The van der Waals surface area contributed by atoms with Crippen LogP contribution in [0.1, 0.15) is 38.3 Å². The number of hydrogen-bond donors (Lipinski definition) is 2. The third kappa shape index (κ3) is 4.82. The Hall–Kier alpha value is -1.85. The predicted octanol–water partition coefficient (Wildman–Crippen LogP) is 2.73. The molecule has 0 unspecified atom stereocenters. The van der Waals surface area contributed by atoms with Crippen molar-refractivity contribution in [2.45, 2.75) is 46.7 Å². The second-order valence-electron chi connectivity index (χ2n) is 7.15. The summed E-state index contributed by atoms with van der Waals surface area (Å²) in [6.07, 6.45) is 2.15.